The first kappa shape index (κ1) is 24.8. The monoisotopic (exact) mass is 498 g/mol. The fourth-order valence-corrected chi connectivity index (χ4v) is 5.24. The number of carbonyl (C=O) groups excluding carboxylic acids is 1. The van der Waals surface area contributed by atoms with Crippen LogP contribution in [0.15, 0.2) is 77.7 Å². The third-order valence-electron chi connectivity index (χ3n) is 5.73. The largest absolute Gasteiger partial charge is 0.455 e. The van der Waals surface area contributed by atoms with Gasteiger partial charge in [-0.3, -0.25) is 4.79 Å². The lowest BCUT2D eigenvalue weighted by Gasteiger charge is -2.26. The van der Waals surface area contributed by atoms with Crippen molar-refractivity contribution in [1.82, 2.24) is 4.31 Å². The number of benzene rings is 3. The van der Waals surface area contributed by atoms with Crippen molar-refractivity contribution in [2.75, 3.05) is 31.6 Å². The number of amides is 1. The minimum absolute atomic E-state index is 0.0391. The SMILES string of the molecule is C[C@@H](CC(=O)Nc1cc(S(=O)(=O)N2CCOCC2)ccc1Oc1ccc(F)cc1)c1ccccc1. The van der Waals surface area contributed by atoms with E-state index >= 15 is 0 Å². The average Bonchev–Trinajstić information content (AvgIpc) is 2.87. The second kappa shape index (κ2) is 11.0. The van der Waals surface area contributed by atoms with Gasteiger partial charge in [-0.05, 0) is 53.9 Å². The van der Waals surface area contributed by atoms with Gasteiger partial charge in [-0.25, -0.2) is 12.8 Å². The van der Waals surface area contributed by atoms with Gasteiger partial charge >= 0.3 is 0 Å². The summed E-state index contributed by atoms with van der Waals surface area (Å²) in [5.74, 6) is -0.140. The summed E-state index contributed by atoms with van der Waals surface area (Å²) < 4.78 is 52.1. The van der Waals surface area contributed by atoms with Crippen LogP contribution in [0.1, 0.15) is 24.8 Å². The predicted octanol–water partition coefficient (Wildman–Crippen LogP) is 4.77. The number of ether oxygens (including phenoxy) is 2. The molecule has 1 N–H and O–H groups in total. The molecule has 1 heterocycles. The number of anilines is 1. The number of rotatable bonds is 8. The van der Waals surface area contributed by atoms with Gasteiger partial charge in [-0.2, -0.15) is 4.31 Å². The van der Waals surface area contributed by atoms with E-state index in [2.05, 4.69) is 5.32 Å². The fourth-order valence-electron chi connectivity index (χ4n) is 3.80. The molecule has 3 aromatic carbocycles. The van der Waals surface area contributed by atoms with Crippen molar-refractivity contribution < 1.29 is 27.1 Å². The summed E-state index contributed by atoms with van der Waals surface area (Å²) in [4.78, 5) is 13.0. The van der Waals surface area contributed by atoms with Gasteiger partial charge < -0.3 is 14.8 Å². The van der Waals surface area contributed by atoms with Crippen LogP contribution < -0.4 is 10.1 Å². The zero-order valence-electron chi connectivity index (χ0n) is 19.3. The standard InChI is InChI=1S/C26H27FN2O5S/c1-19(20-5-3-2-4-6-20)17-26(30)28-24-18-23(35(31,32)29-13-15-33-16-14-29)11-12-25(24)34-22-9-7-21(27)8-10-22/h2-12,18-19H,13-17H2,1H3,(H,28,30)/t19-/m0/s1. The van der Waals surface area contributed by atoms with Gasteiger partial charge in [0.1, 0.15) is 11.6 Å². The molecule has 1 atom stereocenters. The van der Waals surface area contributed by atoms with Crippen molar-refractivity contribution >= 4 is 21.6 Å². The molecule has 9 heteroatoms. The lowest BCUT2D eigenvalue weighted by atomic mass is 9.97. The van der Waals surface area contributed by atoms with Gasteiger partial charge in [0.15, 0.2) is 5.75 Å². The Morgan fingerprint density at radius 1 is 1.06 bits per heavy atom. The first-order valence-electron chi connectivity index (χ1n) is 11.3. The summed E-state index contributed by atoms with van der Waals surface area (Å²) in [5.41, 5.74) is 1.24. The van der Waals surface area contributed by atoms with E-state index in [1.807, 2.05) is 37.3 Å². The highest BCUT2D eigenvalue weighted by molar-refractivity contribution is 7.89. The molecular weight excluding hydrogens is 471 g/mol. The van der Waals surface area contributed by atoms with Crippen LogP contribution in [0.4, 0.5) is 10.1 Å². The van der Waals surface area contributed by atoms with Crippen LogP contribution in [0, 0.1) is 5.82 Å². The van der Waals surface area contributed by atoms with Gasteiger partial charge in [0.25, 0.3) is 0 Å². The molecule has 1 saturated heterocycles. The van der Waals surface area contributed by atoms with E-state index in [0.717, 1.165) is 5.56 Å². The van der Waals surface area contributed by atoms with Crippen molar-refractivity contribution in [3.8, 4) is 11.5 Å². The second-order valence-electron chi connectivity index (χ2n) is 8.29. The predicted molar refractivity (Wildman–Crippen MR) is 131 cm³/mol. The Morgan fingerprint density at radius 2 is 1.74 bits per heavy atom. The van der Waals surface area contributed by atoms with Gasteiger partial charge in [0.05, 0.1) is 23.8 Å². The van der Waals surface area contributed by atoms with Gasteiger partial charge in [-0.15, -0.1) is 0 Å². The molecule has 1 aliphatic rings. The maximum absolute atomic E-state index is 13.3. The summed E-state index contributed by atoms with van der Waals surface area (Å²) >= 11 is 0. The number of hydrogen-bond donors (Lipinski definition) is 1. The lowest BCUT2D eigenvalue weighted by molar-refractivity contribution is -0.116. The molecular formula is C26H27FN2O5S. The summed E-state index contributed by atoms with van der Waals surface area (Å²) in [6, 6.07) is 19.4. The molecule has 0 radical (unpaired) electrons. The van der Waals surface area contributed by atoms with Gasteiger partial charge in [0, 0.05) is 19.5 Å². The Balaban J connectivity index is 1.60. The van der Waals surface area contributed by atoms with Crippen LogP contribution in [0.25, 0.3) is 0 Å². The second-order valence-corrected chi connectivity index (χ2v) is 10.2. The van der Waals surface area contributed by atoms with Crippen molar-refractivity contribution in [3.05, 3.63) is 84.2 Å². The molecule has 1 aliphatic heterocycles. The zero-order valence-corrected chi connectivity index (χ0v) is 20.1. The van der Waals surface area contributed by atoms with Crippen LogP contribution in [0.2, 0.25) is 0 Å². The van der Waals surface area contributed by atoms with Crippen molar-refractivity contribution in [2.45, 2.75) is 24.2 Å². The van der Waals surface area contributed by atoms with Gasteiger partial charge in [-0.1, -0.05) is 37.3 Å². The molecule has 0 unspecified atom stereocenters. The minimum atomic E-state index is -3.78. The fraction of sp³-hybridized carbons (Fsp3) is 0.269. The van der Waals surface area contributed by atoms with Crippen LogP contribution in [0.5, 0.6) is 11.5 Å². The first-order chi connectivity index (χ1) is 16.8. The Bertz CT molecular complexity index is 1260. The molecule has 3 aromatic rings. The van der Waals surface area contributed by atoms with E-state index in [1.165, 1.54) is 46.8 Å². The highest BCUT2D eigenvalue weighted by atomic mass is 32.2. The highest BCUT2D eigenvalue weighted by Gasteiger charge is 2.27. The molecule has 1 amide bonds. The molecule has 0 aromatic heterocycles. The molecule has 0 saturated carbocycles. The summed E-state index contributed by atoms with van der Waals surface area (Å²) in [6.45, 7) is 3.11. The molecule has 0 spiro atoms. The number of hydrogen-bond acceptors (Lipinski definition) is 5. The van der Waals surface area contributed by atoms with E-state index in [0.29, 0.717) is 19.0 Å². The van der Waals surface area contributed by atoms with E-state index in [-0.39, 0.29) is 47.7 Å². The third-order valence-corrected chi connectivity index (χ3v) is 7.63. The Labute approximate surface area is 204 Å². The van der Waals surface area contributed by atoms with Crippen LogP contribution in [-0.4, -0.2) is 44.9 Å². The lowest BCUT2D eigenvalue weighted by Crippen LogP contribution is -2.40. The van der Waals surface area contributed by atoms with Crippen molar-refractivity contribution in [2.24, 2.45) is 0 Å². The summed E-state index contributed by atoms with van der Waals surface area (Å²) in [6.07, 6.45) is 0.195. The number of carbonyl (C=O) groups is 1. The number of halogens is 1. The number of nitrogens with zero attached hydrogens (tertiary/aromatic N) is 1. The Kier molecular flexibility index (Phi) is 7.80. The van der Waals surface area contributed by atoms with Crippen molar-refractivity contribution in [3.63, 3.8) is 0 Å². The average molecular weight is 499 g/mol. The number of sulfonamides is 1. The number of nitrogens with one attached hydrogen (secondary N) is 1. The van der Waals surface area contributed by atoms with Crippen LogP contribution in [-0.2, 0) is 19.6 Å². The van der Waals surface area contributed by atoms with Crippen LogP contribution in [0.3, 0.4) is 0 Å². The topological polar surface area (TPSA) is 84.9 Å². The normalized spacial score (nSPS) is 15.4. The first-order valence-corrected chi connectivity index (χ1v) is 12.8. The van der Waals surface area contributed by atoms with E-state index < -0.39 is 15.8 Å². The molecule has 4 rings (SSSR count). The minimum Gasteiger partial charge on any atom is -0.455 e. The molecule has 184 valence electrons. The quantitative estimate of drug-likeness (QED) is 0.484. The van der Waals surface area contributed by atoms with E-state index in [4.69, 9.17) is 9.47 Å². The summed E-state index contributed by atoms with van der Waals surface area (Å²) in [5, 5.41) is 2.81. The molecule has 35 heavy (non-hydrogen) atoms. The van der Waals surface area contributed by atoms with E-state index in [9.17, 15) is 17.6 Å². The maximum Gasteiger partial charge on any atom is 0.243 e. The molecule has 1 fully saturated rings. The van der Waals surface area contributed by atoms with E-state index in [1.54, 1.807) is 0 Å². The maximum atomic E-state index is 13.3. The molecule has 0 bridgehead atoms. The number of morpholine rings is 1. The third kappa shape index (κ3) is 6.25. The molecule has 7 nitrogen and oxygen atoms in total. The Morgan fingerprint density at radius 3 is 2.43 bits per heavy atom. The molecule has 0 aliphatic carbocycles. The van der Waals surface area contributed by atoms with Crippen LogP contribution >= 0.6 is 0 Å². The Hall–Kier alpha value is -3.27. The van der Waals surface area contributed by atoms with Gasteiger partial charge in [0.2, 0.25) is 15.9 Å². The zero-order chi connectivity index (χ0) is 24.8. The summed E-state index contributed by atoms with van der Waals surface area (Å²) in [7, 11) is -3.78. The smallest absolute Gasteiger partial charge is 0.243 e. The van der Waals surface area contributed by atoms with Crippen molar-refractivity contribution in [1.29, 1.82) is 0 Å². The highest BCUT2D eigenvalue weighted by Crippen LogP contribution is 2.33.